The van der Waals surface area contributed by atoms with Gasteiger partial charge in [0, 0.05) is 36.0 Å². The summed E-state index contributed by atoms with van der Waals surface area (Å²) in [4.78, 5) is 15.8. The molecule has 1 aliphatic rings. The van der Waals surface area contributed by atoms with Gasteiger partial charge in [0.2, 0.25) is 15.9 Å². The minimum atomic E-state index is -4.06. The summed E-state index contributed by atoms with van der Waals surface area (Å²) in [6.07, 6.45) is 7.15. The predicted octanol–water partition coefficient (Wildman–Crippen LogP) is 6.85. The Morgan fingerprint density at radius 1 is 1.00 bits per heavy atom. The molecule has 0 unspecified atom stereocenters. The van der Waals surface area contributed by atoms with Crippen LogP contribution in [0.4, 0.5) is 0 Å². The second kappa shape index (κ2) is 13.4. The molecular formula is C30H37Cl2N3O3S. The van der Waals surface area contributed by atoms with Gasteiger partial charge in [0.15, 0.2) is 0 Å². The van der Waals surface area contributed by atoms with Gasteiger partial charge in [0.25, 0.3) is 0 Å². The molecule has 3 aromatic rings. The standard InChI is InChI=1S/C30H37Cl2N3O3S/c1-23(2)19-34(39(37,38)29-18-25(31)15-16-28(29)32)22-30(36)35(26-12-7-4-8-13-26)21-27-14-9-17-33(27)20-24-10-5-3-6-11-24/h3,5-6,9-11,14-18,23,26H,4,7-8,12-13,19-22H2,1-2H3. The molecular weight excluding hydrogens is 553 g/mol. The van der Waals surface area contributed by atoms with Crippen LogP contribution >= 0.6 is 23.2 Å². The fourth-order valence-corrected chi connectivity index (χ4v) is 7.52. The van der Waals surface area contributed by atoms with Gasteiger partial charge in [0.1, 0.15) is 4.90 Å². The second-order valence-electron chi connectivity index (χ2n) is 10.7. The number of amides is 1. The Balaban J connectivity index is 1.62. The molecule has 0 bridgehead atoms. The average molecular weight is 591 g/mol. The Kier molecular flexibility index (Phi) is 10.2. The normalized spacial score (nSPS) is 14.7. The maximum absolute atomic E-state index is 14.0. The molecule has 210 valence electrons. The number of carbonyl (C=O) groups is 1. The predicted molar refractivity (Wildman–Crippen MR) is 157 cm³/mol. The van der Waals surface area contributed by atoms with Crippen molar-refractivity contribution >= 4 is 39.1 Å². The molecule has 1 aromatic heterocycles. The van der Waals surface area contributed by atoms with Gasteiger partial charge >= 0.3 is 0 Å². The summed E-state index contributed by atoms with van der Waals surface area (Å²) >= 11 is 12.4. The quantitative estimate of drug-likeness (QED) is 0.245. The van der Waals surface area contributed by atoms with E-state index < -0.39 is 10.0 Å². The zero-order valence-electron chi connectivity index (χ0n) is 22.6. The van der Waals surface area contributed by atoms with Crippen LogP contribution in [0.1, 0.15) is 57.2 Å². The van der Waals surface area contributed by atoms with Gasteiger partial charge < -0.3 is 9.47 Å². The van der Waals surface area contributed by atoms with E-state index in [-0.39, 0.29) is 45.9 Å². The number of halogens is 2. The number of carbonyl (C=O) groups excluding carboxylic acids is 1. The third-order valence-electron chi connectivity index (χ3n) is 7.18. The molecule has 1 saturated carbocycles. The highest BCUT2D eigenvalue weighted by atomic mass is 35.5. The second-order valence-corrected chi connectivity index (χ2v) is 13.4. The molecule has 0 atom stereocenters. The number of hydrogen-bond acceptors (Lipinski definition) is 3. The molecule has 1 aliphatic carbocycles. The highest BCUT2D eigenvalue weighted by Gasteiger charge is 2.33. The lowest BCUT2D eigenvalue weighted by Gasteiger charge is -2.36. The minimum absolute atomic E-state index is 0.0109. The van der Waals surface area contributed by atoms with Gasteiger partial charge in [0.05, 0.1) is 18.1 Å². The molecule has 1 fully saturated rings. The van der Waals surface area contributed by atoms with Crippen LogP contribution in [0.5, 0.6) is 0 Å². The van der Waals surface area contributed by atoms with Crippen molar-refractivity contribution in [2.75, 3.05) is 13.1 Å². The largest absolute Gasteiger partial charge is 0.345 e. The molecule has 2 aromatic carbocycles. The molecule has 6 nitrogen and oxygen atoms in total. The highest BCUT2D eigenvalue weighted by molar-refractivity contribution is 7.89. The van der Waals surface area contributed by atoms with Gasteiger partial charge in [-0.05, 0) is 54.7 Å². The molecule has 0 radical (unpaired) electrons. The summed E-state index contributed by atoms with van der Waals surface area (Å²) < 4.78 is 30.9. The third-order valence-corrected chi connectivity index (χ3v) is 9.71. The number of hydrogen-bond donors (Lipinski definition) is 0. The van der Waals surface area contributed by atoms with E-state index in [1.807, 2.05) is 55.3 Å². The summed E-state index contributed by atoms with van der Waals surface area (Å²) in [5.41, 5.74) is 2.20. The Labute approximate surface area is 242 Å². The van der Waals surface area contributed by atoms with E-state index in [2.05, 4.69) is 16.7 Å². The topological polar surface area (TPSA) is 62.6 Å². The van der Waals surface area contributed by atoms with E-state index in [1.165, 1.54) is 22.0 Å². The summed E-state index contributed by atoms with van der Waals surface area (Å²) in [5, 5.41) is 0.361. The van der Waals surface area contributed by atoms with Gasteiger partial charge in [-0.1, -0.05) is 86.6 Å². The highest BCUT2D eigenvalue weighted by Crippen LogP contribution is 2.29. The molecule has 0 saturated heterocycles. The van der Waals surface area contributed by atoms with Crippen LogP contribution in [0.2, 0.25) is 10.0 Å². The first-order valence-corrected chi connectivity index (χ1v) is 15.8. The fraction of sp³-hybridized carbons (Fsp3) is 0.433. The van der Waals surface area contributed by atoms with Crippen molar-refractivity contribution < 1.29 is 13.2 Å². The van der Waals surface area contributed by atoms with E-state index in [9.17, 15) is 13.2 Å². The lowest BCUT2D eigenvalue weighted by atomic mass is 9.94. The van der Waals surface area contributed by atoms with Crippen LogP contribution in [0.15, 0.2) is 71.8 Å². The summed E-state index contributed by atoms with van der Waals surface area (Å²) in [5.74, 6) is -0.187. The van der Waals surface area contributed by atoms with Crippen molar-refractivity contribution in [3.8, 4) is 0 Å². The van der Waals surface area contributed by atoms with E-state index >= 15 is 0 Å². The number of benzene rings is 2. The zero-order chi connectivity index (χ0) is 28.0. The number of nitrogens with zero attached hydrogens (tertiary/aromatic N) is 3. The molecule has 0 spiro atoms. The van der Waals surface area contributed by atoms with E-state index in [0.29, 0.717) is 13.1 Å². The van der Waals surface area contributed by atoms with Crippen LogP contribution in [0, 0.1) is 5.92 Å². The van der Waals surface area contributed by atoms with Crippen LogP contribution in [-0.4, -0.2) is 47.2 Å². The first-order chi connectivity index (χ1) is 18.6. The molecule has 9 heteroatoms. The van der Waals surface area contributed by atoms with Crippen molar-refractivity contribution in [1.29, 1.82) is 0 Å². The van der Waals surface area contributed by atoms with Crippen molar-refractivity contribution in [1.82, 2.24) is 13.8 Å². The van der Waals surface area contributed by atoms with Crippen LogP contribution in [-0.2, 0) is 27.9 Å². The molecule has 4 rings (SSSR count). The zero-order valence-corrected chi connectivity index (χ0v) is 24.9. The molecule has 0 N–H and O–H groups in total. The van der Waals surface area contributed by atoms with Gasteiger partial charge in [-0.15, -0.1) is 0 Å². The smallest absolute Gasteiger partial charge is 0.245 e. The van der Waals surface area contributed by atoms with Gasteiger partial charge in [-0.25, -0.2) is 8.42 Å². The lowest BCUT2D eigenvalue weighted by Crippen LogP contribution is -2.48. The van der Waals surface area contributed by atoms with Crippen molar-refractivity contribution in [2.45, 2.75) is 70.0 Å². The Morgan fingerprint density at radius 2 is 1.72 bits per heavy atom. The molecule has 0 aliphatic heterocycles. The van der Waals surface area contributed by atoms with Crippen LogP contribution in [0.25, 0.3) is 0 Å². The SMILES string of the molecule is CC(C)CN(CC(=O)N(Cc1cccn1Cc1ccccc1)C1CCCCC1)S(=O)(=O)c1cc(Cl)ccc1Cl. The monoisotopic (exact) mass is 589 g/mol. The third kappa shape index (κ3) is 7.66. The number of rotatable bonds is 11. The Morgan fingerprint density at radius 3 is 2.41 bits per heavy atom. The number of aromatic nitrogens is 1. The molecule has 1 heterocycles. The molecule has 39 heavy (non-hydrogen) atoms. The van der Waals surface area contributed by atoms with Crippen LogP contribution in [0.3, 0.4) is 0 Å². The number of sulfonamides is 1. The van der Waals surface area contributed by atoms with Crippen molar-refractivity contribution in [3.63, 3.8) is 0 Å². The van der Waals surface area contributed by atoms with Crippen molar-refractivity contribution in [3.05, 3.63) is 88.2 Å². The van der Waals surface area contributed by atoms with Gasteiger partial charge in [-0.2, -0.15) is 4.31 Å². The maximum Gasteiger partial charge on any atom is 0.245 e. The average Bonchev–Trinajstić information content (AvgIpc) is 3.35. The first kappa shape index (κ1) is 29.7. The minimum Gasteiger partial charge on any atom is -0.345 e. The maximum atomic E-state index is 14.0. The Hall–Kier alpha value is -2.32. The van der Waals surface area contributed by atoms with E-state index in [1.54, 1.807) is 6.07 Å². The lowest BCUT2D eigenvalue weighted by molar-refractivity contribution is -0.135. The van der Waals surface area contributed by atoms with Gasteiger partial charge in [-0.3, -0.25) is 4.79 Å². The summed E-state index contributed by atoms with van der Waals surface area (Å²) in [7, 11) is -4.06. The van der Waals surface area contributed by atoms with E-state index in [0.717, 1.165) is 37.8 Å². The Bertz CT molecular complexity index is 1350. The van der Waals surface area contributed by atoms with E-state index in [4.69, 9.17) is 23.2 Å². The summed E-state index contributed by atoms with van der Waals surface area (Å²) in [6.45, 7) is 4.94. The van der Waals surface area contributed by atoms with Crippen molar-refractivity contribution in [2.24, 2.45) is 5.92 Å². The summed E-state index contributed by atoms with van der Waals surface area (Å²) in [6, 6.07) is 18.7. The molecule has 1 amide bonds. The van der Waals surface area contributed by atoms with Crippen LogP contribution < -0.4 is 0 Å². The first-order valence-electron chi connectivity index (χ1n) is 13.6. The fourth-order valence-electron chi connectivity index (χ4n) is 5.23.